The molecule has 1 aromatic carbocycles. The molecule has 0 heterocycles. The number of rotatable bonds is 11. The lowest BCUT2D eigenvalue weighted by molar-refractivity contribution is 0.112. The van der Waals surface area contributed by atoms with Gasteiger partial charge in [-0.25, -0.2) is 0 Å². The van der Waals surface area contributed by atoms with Gasteiger partial charge in [0, 0.05) is 18.7 Å². The average molecular weight is 445 g/mol. The number of aldehydes is 1. The second-order valence-electron chi connectivity index (χ2n) is 9.25. The van der Waals surface area contributed by atoms with E-state index in [-0.39, 0.29) is 0 Å². The highest BCUT2D eigenvalue weighted by Gasteiger charge is 2.46. The minimum atomic E-state index is -2.83. The molecule has 154 valence electrons. The van der Waals surface area contributed by atoms with E-state index in [4.69, 9.17) is 16.8 Å². The molecule has 1 unspecified atom stereocenters. The van der Waals surface area contributed by atoms with Crippen LogP contribution < -0.4 is 0 Å². The molecule has 0 bridgehead atoms. The zero-order valence-electron chi connectivity index (χ0n) is 18.3. The van der Waals surface area contributed by atoms with Crippen LogP contribution in [0, 0.1) is 0 Å². The van der Waals surface area contributed by atoms with Gasteiger partial charge in [0.25, 0.3) is 0 Å². The molecule has 0 aliphatic heterocycles. The van der Waals surface area contributed by atoms with Crippen LogP contribution in [0.2, 0.25) is 58.9 Å². The second-order valence-corrected chi connectivity index (χ2v) is 25.0. The number of hydrogen-bond donors (Lipinski definition) is 0. The van der Waals surface area contributed by atoms with Gasteiger partial charge in [0.05, 0.1) is 0 Å². The van der Waals surface area contributed by atoms with Crippen LogP contribution >= 0.6 is 0 Å². The van der Waals surface area contributed by atoms with E-state index in [2.05, 4.69) is 52.4 Å². The summed E-state index contributed by atoms with van der Waals surface area (Å²) in [7, 11) is -8.74. The van der Waals surface area contributed by atoms with Crippen molar-refractivity contribution in [1.29, 1.82) is 0 Å². The van der Waals surface area contributed by atoms with Crippen molar-refractivity contribution >= 4 is 40.3 Å². The first-order valence-electron chi connectivity index (χ1n) is 9.42. The van der Waals surface area contributed by atoms with Crippen LogP contribution in [0.1, 0.15) is 15.9 Å². The highest BCUT2D eigenvalue weighted by atomic mass is 28.5. The summed E-state index contributed by atoms with van der Waals surface area (Å²) in [5, 5.41) is 0. The minimum Gasteiger partial charge on any atom is -0.437 e. The monoisotopic (exact) mass is 444 g/mol. The molecule has 0 aliphatic carbocycles. The first kappa shape index (κ1) is 24.6. The Morgan fingerprint density at radius 1 is 0.778 bits per heavy atom. The molecule has 9 heteroatoms. The third-order valence-electron chi connectivity index (χ3n) is 3.35. The molecule has 0 amide bonds. The smallest absolute Gasteiger partial charge is 0.437 e. The van der Waals surface area contributed by atoms with E-state index in [0.29, 0.717) is 12.2 Å². The third-order valence-corrected chi connectivity index (χ3v) is 15.9. The third kappa shape index (κ3) is 10.6. The molecule has 0 spiro atoms. The van der Waals surface area contributed by atoms with E-state index in [1.54, 1.807) is 0 Å². The van der Waals surface area contributed by atoms with Gasteiger partial charge in [-0.3, -0.25) is 4.79 Å². The summed E-state index contributed by atoms with van der Waals surface area (Å²) in [5.41, 5.74) is 1.81. The zero-order chi connectivity index (χ0) is 20.9. The predicted molar refractivity (Wildman–Crippen MR) is 121 cm³/mol. The van der Waals surface area contributed by atoms with Crippen molar-refractivity contribution in [2.75, 3.05) is 6.61 Å². The molecule has 0 aromatic heterocycles. The number of carbonyl (C=O) groups excluding carboxylic acids is 1. The van der Waals surface area contributed by atoms with Crippen molar-refractivity contribution < 1.29 is 21.6 Å². The topological polar surface area (TPSA) is 54.0 Å². The van der Waals surface area contributed by atoms with E-state index in [1.807, 2.05) is 30.8 Å². The summed E-state index contributed by atoms with van der Waals surface area (Å²) in [6.45, 7) is 19.6. The van der Waals surface area contributed by atoms with Crippen molar-refractivity contribution in [3.05, 3.63) is 35.4 Å². The van der Waals surface area contributed by atoms with Gasteiger partial charge in [-0.2, -0.15) is 0 Å². The number of hydrogen-bond acceptors (Lipinski definition) is 5. The van der Waals surface area contributed by atoms with Crippen LogP contribution in [-0.2, 0) is 23.2 Å². The van der Waals surface area contributed by atoms with Gasteiger partial charge in [-0.05, 0) is 64.4 Å². The molecule has 0 fully saturated rings. The lowest BCUT2D eigenvalue weighted by Crippen LogP contribution is -2.58. The molecule has 0 aliphatic rings. The zero-order valence-corrected chi connectivity index (χ0v) is 22.3. The fraction of sp³-hybridized carbons (Fsp3) is 0.611. The summed E-state index contributed by atoms with van der Waals surface area (Å²) in [4.78, 5) is 10.8. The first-order chi connectivity index (χ1) is 12.1. The van der Waals surface area contributed by atoms with Gasteiger partial charge in [0.1, 0.15) is 6.29 Å². The van der Waals surface area contributed by atoms with Crippen molar-refractivity contribution in [3.63, 3.8) is 0 Å². The summed E-state index contributed by atoms with van der Waals surface area (Å²) < 4.78 is 25.5. The van der Waals surface area contributed by atoms with Crippen molar-refractivity contribution in [2.45, 2.75) is 65.3 Å². The lowest BCUT2D eigenvalue weighted by atomic mass is 10.1. The normalized spacial score (nSPS) is 15.4. The molecule has 27 heavy (non-hydrogen) atoms. The van der Waals surface area contributed by atoms with Crippen LogP contribution in [0.3, 0.4) is 0 Å². The molecule has 1 atom stereocenters. The van der Waals surface area contributed by atoms with Crippen LogP contribution in [-0.4, -0.2) is 46.9 Å². The Labute approximate surface area is 169 Å². The van der Waals surface area contributed by atoms with Crippen LogP contribution in [0.25, 0.3) is 0 Å². The van der Waals surface area contributed by atoms with Gasteiger partial charge < -0.3 is 16.8 Å². The highest BCUT2D eigenvalue weighted by Crippen LogP contribution is 2.25. The fourth-order valence-electron chi connectivity index (χ4n) is 2.96. The van der Waals surface area contributed by atoms with Crippen LogP contribution in [0.5, 0.6) is 0 Å². The van der Waals surface area contributed by atoms with Crippen molar-refractivity contribution in [3.8, 4) is 0 Å². The SMILES string of the molecule is C[Si](C)(C)O[Si](C)(C)O[Si](C)(OCCc1ccc(C=O)cc1)O[Si](C)(C)C. The molecule has 0 saturated carbocycles. The van der Waals surface area contributed by atoms with Crippen LogP contribution in [0.4, 0.5) is 0 Å². The van der Waals surface area contributed by atoms with Gasteiger partial charge in [0.15, 0.2) is 16.6 Å². The predicted octanol–water partition coefficient (Wildman–Crippen LogP) is 5.05. The molecule has 0 N–H and O–H groups in total. The molecule has 0 radical (unpaired) electrons. The van der Waals surface area contributed by atoms with Crippen molar-refractivity contribution in [2.24, 2.45) is 0 Å². The number of carbonyl (C=O) groups is 1. The van der Waals surface area contributed by atoms with E-state index >= 15 is 0 Å². The largest absolute Gasteiger partial charge is 0.478 e. The summed E-state index contributed by atoms with van der Waals surface area (Å²) in [6, 6.07) is 7.57. The average Bonchev–Trinajstić information content (AvgIpc) is 2.42. The van der Waals surface area contributed by atoms with Crippen molar-refractivity contribution in [1.82, 2.24) is 0 Å². The minimum absolute atomic E-state index is 0.519. The van der Waals surface area contributed by atoms with E-state index < -0.39 is 34.0 Å². The Balaban J connectivity index is 2.81. The Morgan fingerprint density at radius 3 is 1.74 bits per heavy atom. The highest BCUT2D eigenvalue weighted by molar-refractivity contribution is 6.87. The number of benzene rings is 1. The summed E-state index contributed by atoms with van der Waals surface area (Å²) in [5.74, 6) is 0. The Bertz CT molecular complexity index is 608. The van der Waals surface area contributed by atoms with E-state index in [9.17, 15) is 4.79 Å². The molecule has 1 aromatic rings. The second kappa shape index (κ2) is 9.40. The maximum Gasteiger partial charge on any atom is 0.478 e. The van der Waals surface area contributed by atoms with Crippen LogP contribution in [0.15, 0.2) is 24.3 Å². The first-order valence-corrected chi connectivity index (χ1v) is 21.3. The maximum atomic E-state index is 10.8. The Morgan fingerprint density at radius 2 is 1.30 bits per heavy atom. The quantitative estimate of drug-likeness (QED) is 0.353. The fourth-order valence-corrected chi connectivity index (χ4v) is 18.9. The molecular formula is C18H36O5Si4. The molecular weight excluding hydrogens is 409 g/mol. The molecule has 1 rings (SSSR count). The standard InChI is InChI=1S/C18H36O5Si4/c1-24(2,3)21-26(7,8)23-27(9,22-25(4,5)6)20-15-14-17-10-12-18(16-19)13-11-17/h10-13,16H,14-15H2,1-9H3. The van der Waals surface area contributed by atoms with Gasteiger partial charge in [-0.15, -0.1) is 0 Å². The molecule has 5 nitrogen and oxygen atoms in total. The van der Waals surface area contributed by atoms with E-state index in [0.717, 1.165) is 18.3 Å². The summed E-state index contributed by atoms with van der Waals surface area (Å²) >= 11 is 0. The lowest BCUT2D eigenvalue weighted by Gasteiger charge is -2.40. The van der Waals surface area contributed by atoms with Gasteiger partial charge >= 0.3 is 17.4 Å². The van der Waals surface area contributed by atoms with Gasteiger partial charge in [-0.1, -0.05) is 24.3 Å². The van der Waals surface area contributed by atoms with Gasteiger partial charge in [0.2, 0.25) is 0 Å². The summed E-state index contributed by atoms with van der Waals surface area (Å²) in [6.07, 6.45) is 1.60. The molecule has 0 saturated heterocycles. The van der Waals surface area contributed by atoms with E-state index in [1.165, 1.54) is 0 Å². The Kier molecular flexibility index (Phi) is 8.57. The maximum absolute atomic E-state index is 10.8. The Hall–Kier alpha value is -0.402.